The molecule has 0 spiro atoms. The van der Waals surface area contributed by atoms with E-state index in [1.807, 2.05) is 0 Å². The summed E-state index contributed by atoms with van der Waals surface area (Å²) in [5, 5.41) is 11.3. The van der Waals surface area contributed by atoms with E-state index >= 15 is 0 Å². The number of hydrogen-bond donors (Lipinski definition) is 1. The summed E-state index contributed by atoms with van der Waals surface area (Å²) in [5.41, 5.74) is -1.33. The Balaban J connectivity index is 1.68. The second kappa shape index (κ2) is 7.60. The van der Waals surface area contributed by atoms with Crippen molar-refractivity contribution < 1.29 is 23.4 Å². The van der Waals surface area contributed by atoms with E-state index in [1.54, 1.807) is 24.3 Å². The van der Waals surface area contributed by atoms with Crippen molar-refractivity contribution in [3.63, 3.8) is 0 Å². The van der Waals surface area contributed by atoms with Crippen molar-refractivity contribution in [3.8, 4) is 5.75 Å². The fraction of sp³-hybridized carbons (Fsp3) is 0.316. The Hall–Kier alpha value is -2.18. The molecule has 1 heterocycles. The van der Waals surface area contributed by atoms with Crippen molar-refractivity contribution in [1.82, 2.24) is 4.90 Å². The SMILES string of the molecule is O=C(c1cc(F)cc(F)c1)N1CCCC(O)(COc2cccc(Cl)c2)C1. The predicted molar refractivity (Wildman–Crippen MR) is 93.4 cm³/mol. The van der Waals surface area contributed by atoms with E-state index in [0.717, 1.165) is 12.1 Å². The molecule has 0 aliphatic carbocycles. The van der Waals surface area contributed by atoms with Gasteiger partial charge in [0.2, 0.25) is 0 Å². The largest absolute Gasteiger partial charge is 0.490 e. The van der Waals surface area contributed by atoms with Crippen LogP contribution in [0.4, 0.5) is 8.78 Å². The summed E-state index contributed by atoms with van der Waals surface area (Å²) in [6, 6.07) is 9.48. The highest BCUT2D eigenvalue weighted by molar-refractivity contribution is 6.30. The van der Waals surface area contributed by atoms with Crippen LogP contribution in [0.5, 0.6) is 5.75 Å². The molecule has 1 unspecified atom stereocenters. The zero-order chi connectivity index (χ0) is 18.7. The van der Waals surface area contributed by atoms with Crippen LogP contribution in [0.25, 0.3) is 0 Å². The summed E-state index contributed by atoms with van der Waals surface area (Å²) < 4.78 is 32.3. The van der Waals surface area contributed by atoms with Crippen molar-refractivity contribution in [3.05, 3.63) is 64.7 Å². The number of benzene rings is 2. The van der Waals surface area contributed by atoms with Gasteiger partial charge in [0, 0.05) is 23.2 Å². The minimum absolute atomic E-state index is 0.0184. The van der Waals surface area contributed by atoms with Gasteiger partial charge in [0.25, 0.3) is 5.91 Å². The smallest absolute Gasteiger partial charge is 0.254 e. The van der Waals surface area contributed by atoms with E-state index in [1.165, 1.54) is 4.90 Å². The molecule has 1 fully saturated rings. The van der Waals surface area contributed by atoms with E-state index in [0.29, 0.717) is 36.2 Å². The molecule has 1 atom stereocenters. The second-order valence-electron chi connectivity index (χ2n) is 6.46. The van der Waals surface area contributed by atoms with Crippen molar-refractivity contribution in [2.45, 2.75) is 18.4 Å². The molecule has 1 N–H and O–H groups in total. The molecule has 0 saturated carbocycles. The molecular formula is C19H18ClF2NO3. The third kappa shape index (κ3) is 4.51. The number of piperidine rings is 1. The van der Waals surface area contributed by atoms with Gasteiger partial charge < -0.3 is 14.7 Å². The van der Waals surface area contributed by atoms with E-state index in [2.05, 4.69) is 0 Å². The Morgan fingerprint density at radius 2 is 1.96 bits per heavy atom. The summed E-state index contributed by atoms with van der Waals surface area (Å²) in [6.07, 6.45) is 1.01. The van der Waals surface area contributed by atoms with E-state index < -0.39 is 23.1 Å². The molecule has 2 aromatic carbocycles. The number of amides is 1. The first-order valence-electron chi connectivity index (χ1n) is 8.21. The number of aliphatic hydroxyl groups is 1. The Morgan fingerprint density at radius 3 is 2.65 bits per heavy atom. The summed E-state index contributed by atoms with van der Waals surface area (Å²) in [7, 11) is 0. The van der Waals surface area contributed by atoms with E-state index in [-0.39, 0.29) is 18.7 Å². The van der Waals surface area contributed by atoms with Crippen molar-refractivity contribution in [1.29, 1.82) is 0 Å². The molecule has 0 radical (unpaired) electrons. The van der Waals surface area contributed by atoms with E-state index in [9.17, 15) is 18.7 Å². The lowest BCUT2D eigenvalue weighted by atomic mass is 9.93. The maximum atomic E-state index is 13.4. The molecule has 2 aromatic rings. The molecular weight excluding hydrogens is 364 g/mol. The molecule has 3 rings (SSSR count). The van der Waals surface area contributed by atoms with Gasteiger partial charge in [0.15, 0.2) is 0 Å². The number of likely N-dealkylation sites (tertiary alicyclic amines) is 1. The number of nitrogens with zero attached hydrogens (tertiary/aromatic N) is 1. The van der Waals surface area contributed by atoms with E-state index in [4.69, 9.17) is 16.3 Å². The first-order chi connectivity index (χ1) is 12.3. The quantitative estimate of drug-likeness (QED) is 0.879. The predicted octanol–water partition coefficient (Wildman–Crippen LogP) is 3.66. The van der Waals surface area contributed by atoms with Crippen LogP contribution in [0.2, 0.25) is 5.02 Å². The molecule has 0 bridgehead atoms. The van der Waals surface area contributed by atoms with Gasteiger partial charge in [-0.2, -0.15) is 0 Å². The van der Waals surface area contributed by atoms with Crippen LogP contribution in [0, 0.1) is 11.6 Å². The topological polar surface area (TPSA) is 49.8 Å². The molecule has 1 amide bonds. The summed E-state index contributed by atoms with van der Waals surface area (Å²) in [4.78, 5) is 13.9. The van der Waals surface area contributed by atoms with Gasteiger partial charge in [-0.1, -0.05) is 17.7 Å². The number of carbonyl (C=O) groups is 1. The van der Waals surface area contributed by atoms with Crippen LogP contribution in [0.3, 0.4) is 0 Å². The first-order valence-corrected chi connectivity index (χ1v) is 8.59. The van der Waals surface area contributed by atoms with Gasteiger partial charge in [-0.25, -0.2) is 8.78 Å². The number of ether oxygens (including phenoxy) is 1. The van der Waals surface area contributed by atoms with Gasteiger partial charge in [0.05, 0.1) is 6.54 Å². The van der Waals surface area contributed by atoms with Gasteiger partial charge in [-0.05, 0) is 43.2 Å². The Kier molecular flexibility index (Phi) is 5.44. The zero-order valence-electron chi connectivity index (χ0n) is 13.9. The normalized spacial score (nSPS) is 20.1. The maximum absolute atomic E-state index is 13.4. The number of β-amino-alcohol motifs (C(OH)–C–C–N with tert-alkyl or cyclic N) is 1. The van der Waals surface area contributed by atoms with Crippen molar-refractivity contribution >= 4 is 17.5 Å². The van der Waals surface area contributed by atoms with Crippen molar-refractivity contribution in [2.24, 2.45) is 0 Å². The molecule has 26 heavy (non-hydrogen) atoms. The van der Waals surface area contributed by atoms with Gasteiger partial charge >= 0.3 is 0 Å². The summed E-state index contributed by atoms with van der Waals surface area (Å²) in [6.45, 7) is 0.398. The highest BCUT2D eigenvalue weighted by Crippen LogP contribution is 2.25. The average Bonchev–Trinajstić information content (AvgIpc) is 2.59. The van der Waals surface area contributed by atoms with Gasteiger partial charge in [-0.15, -0.1) is 0 Å². The monoisotopic (exact) mass is 381 g/mol. The molecule has 4 nitrogen and oxygen atoms in total. The second-order valence-corrected chi connectivity index (χ2v) is 6.90. The Bertz CT molecular complexity index is 797. The standard InChI is InChI=1S/C19H18ClF2NO3/c20-14-3-1-4-17(9-14)26-12-19(25)5-2-6-23(11-19)18(24)13-7-15(21)10-16(22)8-13/h1,3-4,7-10,25H,2,5-6,11-12H2. The third-order valence-corrected chi connectivity index (χ3v) is 4.49. The molecule has 7 heteroatoms. The van der Waals surface area contributed by atoms with Crippen LogP contribution < -0.4 is 4.74 Å². The number of rotatable bonds is 4. The lowest BCUT2D eigenvalue weighted by Gasteiger charge is -2.39. The number of halogens is 3. The van der Waals surface area contributed by atoms with Crippen LogP contribution in [-0.2, 0) is 0 Å². The molecule has 1 aliphatic heterocycles. The van der Waals surface area contributed by atoms with Crippen LogP contribution in [-0.4, -0.2) is 41.2 Å². The summed E-state index contributed by atoms with van der Waals surface area (Å²) >= 11 is 5.90. The molecule has 1 saturated heterocycles. The molecule has 1 aliphatic rings. The Morgan fingerprint density at radius 1 is 1.23 bits per heavy atom. The van der Waals surface area contributed by atoms with Crippen LogP contribution >= 0.6 is 11.6 Å². The van der Waals surface area contributed by atoms with Gasteiger partial charge in [0.1, 0.15) is 29.6 Å². The first kappa shape index (κ1) is 18.6. The van der Waals surface area contributed by atoms with Gasteiger partial charge in [-0.3, -0.25) is 4.79 Å². The lowest BCUT2D eigenvalue weighted by Crippen LogP contribution is -2.53. The summed E-state index contributed by atoms with van der Waals surface area (Å²) in [5.74, 6) is -1.64. The minimum Gasteiger partial charge on any atom is -0.490 e. The minimum atomic E-state index is -1.25. The zero-order valence-corrected chi connectivity index (χ0v) is 14.7. The molecule has 0 aromatic heterocycles. The van der Waals surface area contributed by atoms with Crippen molar-refractivity contribution in [2.75, 3.05) is 19.7 Å². The lowest BCUT2D eigenvalue weighted by molar-refractivity contribution is -0.0532. The number of hydrogen-bond acceptors (Lipinski definition) is 3. The van der Waals surface area contributed by atoms with Crippen LogP contribution in [0.15, 0.2) is 42.5 Å². The Labute approximate surface area is 155 Å². The fourth-order valence-corrected chi connectivity index (χ4v) is 3.22. The fourth-order valence-electron chi connectivity index (χ4n) is 3.04. The number of carbonyl (C=O) groups excluding carboxylic acids is 1. The average molecular weight is 382 g/mol. The highest BCUT2D eigenvalue weighted by atomic mass is 35.5. The van der Waals surface area contributed by atoms with Crippen LogP contribution in [0.1, 0.15) is 23.2 Å². The molecule has 138 valence electrons. The third-order valence-electron chi connectivity index (χ3n) is 4.26. The highest BCUT2D eigenvalue weighted by Gasteiger charge is 2.36. The maximum Gasteiger partial charge on any atom is 0.254 e.